The highest BCUT2D eigenvalue weighted by Gasteiger charge is 2.19. The van der Waals surface area contributed by atoms with E-state index in [-0.39, 0.29) is 16.7 Å². The van der Waals surface area contributed by atoms with Crippen molar-refractivity contribution in [2.75, 3.05) is 0 Å². The molecule has 0 aliphatic rings. The molecule has 26 heavy (non-hydrogen) atoms. The number of aromatic nitrogens is 4. The molecule has 0 saturated heterocycles. The Kier molecular flexibility index (Phi) is 4.95. The van der Waals surface area contributed by atoms with Gasteiger partial charge in [0.2, 0.25) is 0 Å². The maximum Gasteiger partial charge on any atom is 0.332 e. The molecule has 3 aromatic rings. The molecular weight excluding hydrogens is 355 g/mol. The monoisotopic (exact) mass is 374 g/mol. The van der Waals surface area contributed by atoms with E-state index in [4.69, 9.17) is 0 Å². The molecule has 3 rings (SSSR count). The fourth-order valence-electron chi connectivity index (χ4n) is 2.52. The van der Waals surface area contributed by atoms with Crippen LogP contribution in [0.25, 0.3) is 22.4 Å². The van der Waals surface area contributed by atoms with Crippen LogP contribution in [0.3, 0.4) is 0 Å². The summed E-state index contributed by atoms with van der Waals surface area (Å²) < 4.78 is 15.6. The normalized spacial score (nSPS) is 12.5. The summed E-state index contributed by atoms with van der Waals surface area (Å²) in [5.41, 5.74) is 0.0240. The summed E-state index contributed by atoms with van der Waals surface area (Å²) in [6.07, 6.45) is 0.897. The van der Waals surface area contributed by atoms with Gasteiger partial charge < -0.3 is 0 Å². The standard InChI is InChI=1S/C18H19FN4O2S/c1-5-10(2)26-16-13-15(22(3)18(25)23(4)17(13)24)20-14(21-16)11-6-8-12(19)9-7-11/h6-10H,5H2,1-4H3/t10-/m0/s1. The highest BCUT2D eigenvalue weighted by atomic mass is 32.2. The van der Waals surface area contributed by atoms with E-state index < -0.39 is 11.2 Å². The molecule has 0 spiro atoms. The van der Waals surface area contributed by atoms with E-state index in [2.05, 4.69) is 16.9 Å². The largest absolute Gasteiger partial charge is 0.332 e. The average molecular weight is 374 g/mol. The molecule has 0 fully saturated rings. The molecular formula is C18H19FN4O2S. The maximum absolute atomic E-state index is 13.2. The van der Waals surface area contributed by atoms with E-state index in [1.165, 1.54) is 35.5 Å². The van der Waals surface area contributed by atoms with Gasteiger partial charge in [0, 0.05) is 24.9 Å². The highest BCUT2D eigenvalue weighted by molar-refractivity contribution is 8.00. The number of nitrogens with zero attached hydrogens (tertiary/aromatic N) is 4. The van der Waals surface area contributed by atoms with Gasteiger partial charge in [-0.25, -0.2) is 19.2 Å². The van der Waals surface area contributed by atoms with Crippen molar-refractivity contribution in [1.29, 1.82) is 0 Å². The van der Waals surface area contributed by atoms with Crippen LogP contribution in [0.2, 0.25) is 0 Å². The molecule has 0 aliphatic heterocycles. The van der Waals surface area contributed by atoms with Gasteiger partial charge in [-0.05, 0) is 30.7 Å². The van der Waals surface area contributed by atoms with Crippen LogP contribution in [0, 0.1) is 5.82 Å². The first kappa shape index (κ1) is 18.3. The predicted octanol–water partition coefficient (Wildman–Crippen LogP) is 2.72. The third-order valence-electron chi connectivity index (χ3n) is 4.26. The van der Waals surface area contributed by atoms with E-state index in [9.17, 15) is 14.0 Å². The Bertz CT molecular complexity index is 1090. The fourth-order valence-corrected chi connectivity index (χ4v) is 3.50. The van der Waals surface area contributed by atoms with Gasteiger partial charge in [0.25, 0.3) is 5.56 Å². The quantitative estimate of drug-likeness (QED) is 0.519. The molecule has 2 heterocycles. The molecule has 0 unspecified atom stereocenters. The Balaban J connectivity index is 2.37. The zero-order chi connectivity index (χ0) is 19.0. The van der Waals surface area contributed by atoms with Gasteiger partial charge in [0.15, 0.2) is 11.5 Å². The topological polar surface area (TPSA) is 69.8 Å². The molecule has 2 aromatic heterocycles. The summed E-state index contributed by atoms with van der Waals surface area (Å²) >= 11 is 1.47. The molecule has 136 valence electrons. The van der Waals surface area contributed by atoms with Crippen LogP contribution in [0.5, 0.6) is 0 Å². The second kappa shape index (κ2) is 7.03. The van der Waals surface area contributed by atoms with Crippen molar-refractivity contribution in [1.82, 2.24) is 19.1 Å². The Morgan fingerprint density at radius 2 is 1.77 bits per heavy atom. The van der Waals surface area contributed by atoms with Gasteiger partial charge >= 0.3 is 5.69 Å². The van der Waals surface area contributed by atoms with E-state index >= 15 is 0 Å². The van der Waals surface area contributed by atoms with Crippen molar-refractivity contribution in [3.8, 4) is 11.4 Å². The van der Waals surface area contributed by atoms with E-state index in [1.807, 2.05) is 6.92 Å². The zero-order valence-electron chi connectivity index (χ0n) is 15.0. The molecule has 6 nitrogen and oxygen atoms in total. The van der Waals surface area contributed by atoms with Crippen LogP contribution in [0.1, 0.15) is 20.3 Å². The van der Waals surface area contributed by atoms with Crippen molar-refractivity contribution >= 4 is 22.8 Å². The summed E-state index contributed by atoms with van der Waals surface area (Å²) in [4.78, 5) is 34.0. The van der Waals surface area contributed by atoms with Gasteiger partial charge in [0.05, 0.1) is 0 Å². The summed E-state index contributed by atoms with van der Waals surface area (Å²) in [7, 11) is 3.01. The van der Waals surface area contributed by atoms with Crippen molar-refractivity contribution in [2.45, 2.75) is 30.5 Å². The minimum Gasteiger partial charge on any atom is -0.280 e. The van der Waals surface area contributed by atoms with Gasteiger partial charge in [-0.15, -0.1) is 11.8 Å². The number of benzene rings is 1. The third kappa shape index (κ3) is 3.16. The lowest BCUT2D eigenvalue weighted by Gasteiger charge is -2.14. The summed E-state index contributed by atoms with van der Waals surface area (Å²) in [5, 5.41) is 1.08. The average Bonchev–Trinajstić information content (AvgIpc) is 2.64. The molecule has 0 aliphatic carbocycles. The first-order valence-electron chi connectivity index (χ1n) is 8.23. The Morgan fingerprint density at radius 3 is 2.38 bits per heavy atom. The van der Waals surface area contributed by atoms with Crippen LogP contribution in [0.15, 0.2) is 38.9 Å². The molecule has 0 saturated carbocycles. The van der Waals surface area contributed by atoms with Crippen LogP contribution >= 0.6 is 11.8 Å². The van der Waals surface area contributed by atoms with Gasteiger partial charge in [0.1, 0.15) is 16.2 Å². The van der Waals surface area contributed by atoms with Crippen molar-refractivity contribution < 1.29 is 4.39 Å². The number of thioether (sulfide) groups is 1. The molecule has 1 aromatic carbocycles. The third-order valence-corrected chi connectivity index (χ3v) is 5.51. The molecule has 0 amide bonds. The summed E-state index contributed by atoms with van der Waals surface area (Å²) in [6.45, 7) is 4.10. The second-order valence-corrected chi connectivity index (χ2v) is 7.53. The van der Waals surface area contributed by atoms with Crippen LogP contribution in [0.4, 0.5) is 4.39 Å². The smallest absolute Gasteiger partial charge is 0.280 e. The van der Waals surface area contributed by atoms with Gasteiger partial charge in [-0.3, -0.25) is 13.9 Å². The first-order valence-corrected chi connectivity index (χ1v) is 9.11. The predicted molar refractivity (Wildman–Crippen MR) is 101 cm³/mol. The SMILES string of the molecule is CC[C@H](C)Sc1nc(-c2ccc(F)cc2)nc2c1c(=O)n(C)c(=O)n2C. The number of rotatable bonds is 4. The number of hydrogen-bond acceptors (Lipinski definition) is 5. The van der Waals surface area contributed by atoms with Crippen molar-refractivity contribution in [3.05, 3.63) is 50.9 Å². The van der Waals surface area contributed by atoms with E-state index in [0.717, 1.165) is 11.0 Å². The highest BCUT2D eigenvalue weighted by Crippen LogP contribution is 2.29. The number of halogens is 1. The number of aryl methyl sites for hydroxylation is 1. The number of hydrogen-bond donors (Lipinski definition) is 0. The minimum atomic E-state index is -0.453. The Morgan fingerprint density at radius 1 is 1.12 bits per heavy atom. The number of fused-ring (bicyclic) bond motifs is 1. The minimum absolute atomic E-state index is 0.233. The molecule has 1 atom stereocenters. The Hall–Kier alpha value is -2.48. The molecule has 0 bridgehead atoms. The lowest BCUT2D eigenvalue weighted by atomic mass is 10.2. The van der Waals surface area contributed by atoms with Crippen LogP contribution in [-0.4, -0.2) is 24.4 Å². The lowest BCUT2D eigenvalue weighted by molar-refractivity contribution is 0.628. The van der Waals surface area contributed by atoms with E-state index in [0.29, 0.717) is 21.8 Å². The van der Waals surface area contributed by atoms with Gasteiger partial charge in [-0.2, -0.15) is 0 Å². The Labute approximate surface area is 153 Å². The maximum atomic E-state index is 13.2. The molecule has 0 N–H and O–H groups in total. The zero-order valence-corrected chi connectivity index (χ0v) is 15.8. The molecule has 8 heteroatoms. The fraction of sp³-hybridized carbons (Fsp3) is 0.333. The molecule has 0 radical (unpaired) electrons. The first-order chi connectivity index (χ1) is 12.3. The van der Waals surface area contributed by atoms with Crippen molar-refractivity contribution in [2.24, 2.45) is 14.1 Å². The lowest BCUT2D eigenvalue weighted by Crippen LogP contribution is -2.37. The van der Waals surface area contributed by atoms with Crippen LogP contribution in [-0.2, 0) is 14.1 Å². The van der Waals surface area contributed by atoms with Crippen LogP contribution < -0.4 is 11.2 Å². The van der Waals surface area contributed by atoms with Gasteiger partial charge in [-0.1, -0.05) is 13.8 Å². The summed E-state index contributed by atoms with van der Waals surface area (Å²) in [6, 6.07) is 5.81. The second-order valence-electron chi connectivity index (χ2n) is 6.10. The van der Waals surface area contributed by atoms with E-state index in [1.54, 1.807) is 19.2 Å². The van der Waals surface area contributed by atoms with Crippen molar-refractivity contribution in [3.63, 3.8) is 0 Å². The summed E-state index contributed by atoms with van der Waals surface area (Å²) in [5.74, 6) is -0.00318.